The topological polar surface area (TPSA) is 23.6 Å². The lowest BCUT2D eigenvalue weighted by Crippen LogP contribution is -2.29. The van der Waals surface area contributed by atoms with Crippen molar-refractivity contribution in [3.8, 4) is 0 Å². The third-order valence-corrected chi connectivity index (χ3v) is 3.20. The van der Waals surface area contributed by atoms with Gasteiger partial charge in [0.1, 0.15) is 0 Å². The summed E-state index contributed by atoms with van der Waals surface area (Å²) in [6.07, 6.45) is 1.39. The molecule has 0 aromatic heterocycles. The Balaban J connectivity index is 1.97. The molecule has 0 aromatic rings. The highest BCUT2D eigenvalue weighted by molar-refractivity contribution is 6.13. The van der Waals surface area contributed by atoms with Crippen LogP contribution in [-0.4, -0.2) is 41.4 Å². The number of hydrogen-bond acceptors (Lipinski definition) is 2. The number of hydrogen-bond donors (Lipinski definition) is 0. The van der Waals surface area contributed by atoms with Gasteiger partial charge in [-0.1, -0.05) is 6.58 Å². The second-order valence-electron chi connectivity index (χ2n) is 3.80. The van der Waals surface area contributed by atoms with Crippen LogP contribution in [0.3, 0.4) is 0 Å². The lowest BCUT2D eigenvalue weighted by molar-refractivity contribution is -0.125. The minimum absolute atomic E-state index is 0.0514. The first-order valence-corrected chi connectivity index (χ1v) is 4.86. The molecular weight excluding hydrogens is 188 g/mol. The molecule has 72 valence electrons. The van der Waals surface area contributed by atoms with Crippen molar-refractivity contribution >= 4 is 17.7 Å². The second-order valence-corrected chi connectivity index (χ2v) is 4.27. The number of nitrogens with zero attached hydrogens (tertiary/aromatic N) is 2. The number of rotatable bonds is 1. The van der Waals surface area contributed by atoms with Gasteiger partial charge in [-0.25, -0.2) is 4.42 Å². The number of likely N-dealkylation sites (tertiary alicyclic amines) is 1. The Morgan fingerprint density at radius 2 is 1.85 bits per heavy atom. The van der Waals surface area contributed by atoms with Crippen molar-refractivity contribution in [2.75, 3.05) is 26.2 Å². The standard InChI is InChI=1S/C9H13ClN2O/c1-2-9(13)11-3-7-5-12(10)6-8(7)4-11/h2,7-8H,1,3-6H2. The molecule has 13 heavy (non-hydrogen) atoms. The first-order valence-electron chi connectivity index (χ1n) is 4.52. The van der Waals surface area contributed by atoms with Crippen LogP contribution in [0.1, 0.15) is 0 Å². The molecule has 2 aliphatic heterocycles. The monoisotopic (exact) mass is 200 g/mol. The van der Waals surface area contributed by atoms with Crippen molar-refractivity contribution in [3.63, 3.8) is 0 Å². The highest BCUT2D eigenvalue weighted by Crippen LogP contribution is 2.31. The van der Waals surface area contributed by atoms with Gasteiger partial charge in [-0.2, -0.15) is 0 Å². The molecule has 0 aliphatic carbocycles. The molecule has 2 aliphatic rings. The second kappa shape index (κ2) is 3.31. The molecule has 2 heterocycles. The molecule has 4 heteroatoms. The molecule has 2 unspecified atom stereocenters. The number of halogens is 1. The van der Waals surface area contributed by atoms with Gasteiger partial charge < -0.3 is 4.90 Å². The smallest absolute Gasteiger partial charge is 0.245 e. The van der Waals surface area contributed by atoms with Gasteiger partial charge in [0, 0.05) is 26.2 Å². The quantitative estimate of drug-likeness (QED) is 0.460. The van der Waals surface area contributed by atoms with Gasteiger partial charge >= 0.3 is 0 Å². The Morgan fingerprint density at radius 3 is 2.31 bits per heavy atom. The van der Waals surface area contributed by atoms with Gasteiger partial charge in [0.15, 0.2) is 0 Å². The summed E-state index contributed by atoms with van der Waals surface area (Å²) in [4.78, 5) is 13.2. The van der Waals surface area contributed by atoms with E-state index in [0.29, 0.717) is 11.8 Å². The number of amides is 1. The molecular formula is C9H13ClN2O. The maximum absolute atomic E-state index is 11.3. The van der Waals surface area contributed by atoms with Crippen LogP contribution in [0.25, 0.3) is 0 Å². The molecule has 1 amide bonds. The third-order valence-electron chi connectivity index (χ3n) is 2.93. The van der Waals surface area contributed by atoms with Crippen LogP contribution in [0.4, 0.5) is 0 Å². The van der Waals surface area contributed by atoms with Gasteiger partial charge in [-0.3, -0.25) is 4.79 Å². The van der Waals surface area contributed by atoms with Crippen LogP contribution in [-0.2, 0) is 4.79 Å². The van der Waals surface area contributed by atoms with E-state index in [-0.39, 0.29) is 5.91 Å². The predicted octanol–water partition coefficient (Wildman–Crippen LogP) is 0.716. The van der Waals surface area contributed by atoms with E-state index in [1.165, 1.54) is 6.08 Å². The van der Waals surface area contributed by atoms with Gasteiger partial charge in [0.05, 0.1) is 0 Å². The Labute approximate surface area is 83.1 Å². The number of fused-ring (bicyclic) bond motifs is 1. The van der Waals surface area contributed by atoms with Crippen LogP contribution >= 0.6 is 11.8 Å². The van der Waals surface area contributed by atoms with Crippen molar-refractivity contribution in [1.82, 2.24) is 9.32 Å². The van der Waals surface area contributed by atoms with Gasteiger partial charge in [-0.05, 0) is 29.7 Å². The van der Waals surface area contributed by atoms with E-state index in [9.17, 15) is 4.79 Å². The van der Waals surface area contributed by atoms with Crippen LogP contribution in [0.2, 0.25) is 0 Å². The largest absolute Gasteiger partial charge is 0.339 e. The fraction of sp³-hybridized carbons (Fsp3) is 0.667. The van der Waals surface area contributed by atoms with Crippen LogP contribution in [0.5, 0.6) is 0 Å². The van der Waals surface area contributed by atoms with E-state index in [1.54, 1.807) is 0 Å². The minimum atomic E-state index is 0.0514. The average Bonchev–Trinajstić information content (AvgIpc) is 2.59. The summed E-state index contributed by atoms with van der Waals surface area (Å²) in [5.41, 5.74) is 0. The fourth-order valence-electron chi connectivity index (χ4n) is 2.24. The SMILES string of the molecule is C=CC(=O)N1CC2CN(Cl)CC2C1. The van der Waals surface area contributed by atoms with E-state index in [4.69, 9.17) is 11.8 Å². The normalized spacial score (nSPS) is 33.5. The molecule has 2 rings (SSSR count). The molecule has 3 nitrogen and oxygen atoms in total. The van der Waals surface area contributed by atoms with Crippen molar-refractivity contribution in [3.05, 3.63) is 12.7 Å². The molecule has 0 saturated carbocycles. The maximum atomic E-state index is 11.3. The third kappa shape index (κ3) is 1.58. The molecule has 0 spiro atoms. The van der Waals surface area contributed by atoms with E-state index in [1.807, 2.05) is 9.32 Å². The van der Waals surface area contributed by atoms with Crippen molar-refractivity contribution in [1.29, 1.82) is 0 Å². The summed E-state index contributed by atoms with van der Waals surface area (Å²) in [7, 11) is 0. The van der Waals surface area contributed by atoms with Crippen molar-refractivity contribution < 1.29 is 4.79 Å². The van der Waals surface area contributed by atoms with Crippen LogP contribution < -0.4 is 0 Å². The van der Waals surface area contributed by atoms with Crippen LogP contribution in [0, 0.1) is 11.8 Å². The maximum Gasteiger partial charge on any atom is 0.245 e. The number of carbonyl (C=O) groups excluding carboxylic acids is 1. The van der Waals surface area contributed by atoms with E-state index in [0.717, 1.165) is 26.2 Å². The Morgan fingerprint density at radius 1 is 1.31 bits per heavy atom. The van der Waals surface area contributed by atoms with E-state index < -0.39 is 0 Å². The Bertz CT molecular complexity index is 230. The zero-order valence-corrected chi connectivity index (χ0v) is 8.20. The first-order chi connectivity index (χ1) is 6.20. The summed E-state index contributed by atoms with van der Waals surface area (Å²) < 4.78 is 1.82. The average molecular weight is 201 g/mol. The first kappa shape index (κ1) is 9.03. The molecule has 0 aromatic carbocycles. The van der Waals surface area contributed by atoms with Gasteiger partial charge in [0.2, 0.25) is 5.91 Å². The summed E-state index contributed by atoms with van der Waals surface area (Å²) in [6.45, 7) is 7.00. The summed E-state index contributed by atoms with van der Waals surface area (Å²) in [6, 6.07) is 0. The molecule has 0 radical (unpaired) electrons. The summed E-state index contributed by atoms with van der Waals surface area (Å²) >= 11 is 5.89. The summed E-state index contributed by atoms with van der Waals surface area (Å²) in [5.74, 6) is 1.19. The minimum Gasteiger partial charge on any atom is -0.339 e. The predicted molar refractivity (Wildman–Crippen MR) is 51.2 cm³/mol. The fourth-order valence-corrected chi connectivity index (χ4v) is 2.60. The highest BCUT2D eigenvalue weighted by Gasteiger charge is 2.40. The zero-order chi connectivity index (χ0) is 9.42. The molecule has 2 fully saturated rings. The molecule has 2 atom stereocenters. The lowest BCUT2D eigenvalue weighted by Gasteiger charge is -2.16. The number of carbonyl (C=O) groups is 1. The van der Waals surface area contributed by atoms with Gasteiger partial charge in [0.25, 0.3) is 0 Å². The Hall–Kier alpha value is -0.540. The highest BCUT2D eigenvalue weighted by atomic mass is 35.5. The van der Waals surface area contributed by atoms with E-state index >= 15 is 0 Å². The molecule has 0 N–H and O–H groups in total. The molecule has 2 saturated heterocycles. The molecule has 0 bridgehead atoms. The lowest BCUT2D eigenvalue weighted by atomic mass is 10.0. The summed E-state index contributed by atoms with van der Waals surface area (Å²) in [5, 5.41) is 0. The van der Waals surface area contributed by atoms with Crippen LogP contribution in [0.15, 0.2) is 12.7 Å². The Kier molecular flexibility index (Phi) is 2.30. The van der Waals surface area contributed by atoms with Gasteiger partial charge in [-0.15, -0.1) is 0 Å². The van der Waals surface area contributed by atoms with Crippen molar-refractivity contribution in [2.24, 2.45) is 11.8 Å². The van der Waals surface area contributed by atoms with E-state index in [2.05, 4.69) is 6.58 Å². The van der Waals surface area contributed by atoms with Crippen molar-refractivity contribution in [2.45, 2.75) is 0 Å². The zero-order valence-electron chi connectivity index (χ0n) is 7.45.